The Morgan fingerprint density at radius 1 is 1.07 bits per heavy atom. The van der Waals surface area contributed by atoms with E-state index in [0.29, 0.717) is 18.5 Å². The van der Waals surface area contributed by atoms with E-state index >= 15 is 0 Å². The molecule has 154 valence electrons. The van der Waals surface area contributed by atoms with Crippen LogP contribution in [0.2, 0.25) is 0 Å². The molecule has 4 nitrogen and oxygen atoms in total. The number of hydrogen-bond donors (Lipinski definition) is 1. The maximum Gasteiger partial charge on any atom is 0.411 e. The summed E-state index contributed by atoms with van der Waals surface area (Å²) in [5.74, 6) is -0.0382. The Labute approximate surface area is 170 Å². The molecule has 0 aliphatic carbocycles. The molecule has 0 atom stereocenters. The average Bonchev–Trinajstić information content (AvgIpc) is 3.09. The number of carbonyl (C=O) groups excluding carboxylic acids is 1. The van der Waals surface area contributed by atoms with Crippen LogP contribution in [-0.4, -0.2) is 23.7 Å². The second kappa shape index (κ2) is 9.84. The highest BCUT2D eigenvalue weighted by Crippen LogP contribution is 2.22. The molecule has 0 bridgehead atoms. The van der Waals surface area contributed by atoms with E-state index in [0.717, 1.165) is 33.6 Å². The second-order valence-electron chi connectivity index (χ2n) is 6.63. The Bertz CT molecular complexity index is 906. The van der Waals surface area contributed by atoms with E-state index in [4.69, 9.17) is 0 Å². The number of benzene rings is 2. The number of amides is 1. The number of nitrogens with zero attached hydrogens (tertiary/aromatic N) is 1. The minimum absolute atomic E-state index is 0.0382. The van der Waals surface area contributed by atoms with Crippen molar-refractivity contribution in [3.8, 4) is 0 Å². The molecule has 0 aliphatic heterocycles. The second-order valence-corrected chi connectivity index (χ2v) is 7.75. The van der Waals surface area contributed by atoms with Gasteiger partial charge in [-0.25, -0.2) is 4.98 Å². The van der Waals surface area contributed by atoms with Gasteiger partial charge < -0.3 is 10.1 Å². The summed E-state index contributed by atoms with van der Waals surface area (Å²) >= 11 is 1.65. The van der Waals surface area contributed by atoms with E-state index in [-0.39, 0.29) is 12.5 Å². The molecule has 1 heterocycles. The Morgan fingerprint density at radius 3 is 2.52 bits per heavy atom. The lowest BCUT2D eigenvalue weighted by molar-refractivity contribution is -0.176. The molecule has 1 N–H and O–H groups in total. The molecule has 0 radical (unpaired) electrons. The van der Waals surface area contributed by atoms with Crippen LogP contribution < -0.4 is 5.32 Å². The Balaban J connectivity index is 1.35. The number of aryl methyl sites for hydroxylation is 1. The maximum absolute atomic E-state index is 12.1. The molecule has 8 heteroatoms. The van der Waals surface area contributed by atoms with Crippen molar-refractivity contribution in [1.82, 2.24) is 10.3 Å². The lowest BCUT2D eigenvalue weighted by atomic mass is 10.1. The summed E-state index contributed by atoms with van der Waals surface area (Å²) < 4.78 is 42.0. The lowest BCUT2D eigenvalue weighted by Crippen LogP contribution is -2.22. The first kappa shape index (κ1) is 21.3. The first-order chi connectivity index (χ1) is 13.9. The molecular formula is C21H21F3N2O2S. The van der Waals surface area contributed by atoms with E-state index < -0.39 is 12.8 Å². The highest BCUT2D eigenvalue weighted by atomic mass is 32.1. The molecule has 0 spiro atoms. The van der Waals surface area contributed by atoms with Gasteiger partial charge in [0, 0.05) is 13.0 Å². The van der Waals surface area contributed by atoms with Crippen molar-refractivity contribution in [3.05, 3.63) is 64.7 Å². The van der Waals surface area contributed by atoms with Gasteiger partial charge in [-0.15, -0.1) is 11.3 Å². The fourth-order valence-corrected chi connectivity index (χ4v) is 3.76. The molecule has 3 aromatic rings. The highest BCUT2D eigenvalue weighted by Gasteiger charge is 2.27. The third-order valence-corrected chi connectivity index (χ3v) is 5.28. The number of fused-ring (bicyclic) bond motifs is 1. The number of nitrogens with one attached hydrogen (secondary N) is 1. The average molecular weight is 422 g/mol. The molecule has 29 heavy (non-hydrogen) atoms. The molecule has 0 saturated carbocycles. The molecular weight excluding hydrogens is 401 g/mol. The summed E-state index contributed by atoms with van der Waals surface area (Å²) in [4.78, 5) is 16.6. The summed E-state index contributed by atoms with van der Waals surface area (Å²) in [6.45, 7) is -0.983. The van der Waals surface area contributed by atoms with Crippen LogP contribution in [0.3, 0.4) is 0 Å². The summed E-state index contributed by atoms with van der Waals surface area (Å²) in [6, 6.07) is 14.9. The highest BCUT2D eigenvalue weighted by molar-refractivity contribution is 7.18. The van der Waals surface area contributed by atoms with Gasteiger partial charge >= 0.3 is 6.18 Å². The minimum Gasteiger partial charge on any atom is -0.367 e. The number of aromatic nitrogens is 1. The van der Waals surface area contributed by atoms with Crippen molar-refractivity contribution >= 4 is 27.5 Å². The van der Waals surface area contributed by atoms with Crippen LogP contribution in [0, 0.1) is 0 Å². The SMILES string of the molecule is O=C(CCCc1nc2ccccc2s1)NCc1ccc(COCC(F)(F)F)cc1. The van der Waals surface area contributed by atoms with E-state index in [2.05, 4.69) is 15.0 Å². The van der Waals surface area contributed by atoms with Crippen molar-refractivity contribution in [2.45, 2.75) is 38.6 Å². The normalized spacial score (nSPS) is 11.7. The van der Waals surface area contributed by atoms with Crippen LogP contribution in [0.15, 0.2) is 48.5 Å². The van der Waals surface area contributed by atoms with Crippen LogP contribution in [0.5, 0.6) is 0 Å². The van der Waals surface area contributed by atoms with Crippen molar-refractivity contribution in [2.75, 3.05) is 6.61 Å². The van der Waals surface area contributed by atoms with E-state index in [1.54, 1.807) is 35.6 Å². The minimum atomic E-state index is -4.32. The van der Waals surface area contributed by atoms with E-state index in [1.165, 1.54) is 0 Å². The molecule has 0 fully saturated rings. The van der Waals surface area contributed by atoms with Gasteiger partial charge in [-0.1, -0.05) is 36.4 Å². The number of alkyl halides is 3. The van der Waals surface area contributed by atoms with Gasteiger partial charge in [0.2, 0.25) is 5.91 Å². The molecule has 0 unspecified atom stereocenters. The first-order valence-electron chi connectivity index (χ1n) is 9.22. The first-order valence-corrected chi connectivity index (χ1v) is 10.0. The van der Waals surface area contributed by atoms with Crippen molar-refractivity contribution in [2.24, 2.45) is 0 Å². The summed E-state index contributed by atoms with van der Waals surface area (Å²) in [5, 5.41) is 3.89. The number of ether oxygens (including phenoxy) is 1. The van der Waals surface area contributed by atoms with Gasteiger partial charge in [0.1, 0.15) is 6.61 Å². The summed E-state index contributed by atoms with van der Waals surface area (Å²) in [6.07, 6.45) is -2.42. The van der Waals surface area contributed by atoms with Crippen LogP contribution in [0.4, 0.5) is 13.2 Å². The zero-order chi connectivity index (χ0) is 20.7. The van der Waals surface area contributed by atoms with Gasteiger partial charge in [0.25, 0.3) is 0 Å². The summed E-state index contributed by atoms with van der Waals surface area (Å²) in [7, 11) is 0. The molecule has 1 aromatic heterocycles. The smallest absolute Gasteiger partial charge is 0.367 e. The lowest BCUT2D eigenvalue weighted by Gasteiger charge is -2.09. The Morgan fingerprint density at radius 2 is 1.79 bits per heavy atom. The maximum atomic E-state index is 12.1. The summed E-state index contributed by atoms with van der Waals surface area (Å²) in [5.41, 5.74) is 2.52. The molecule has 2 aromatic carbocycles. The van der Waals surface area contributed by atoms with Gasteiger partial charge in [-0.3, -0.25) is 4.79 Å². The molecule has 0 aliphatic rings. The van der Waals surface area contributed by atoms with Gasteiger partial charge in [-0.2, -0.15) is 13.2 Å². The molecule has 0 saturated heterocycles. The third kappa shape index (κ3) is 7.14. The predicted octanol–water partition coefficient (Wildman–Crippen LogP) is 5.01. The number of para-hydroxylation sites is 1. The van der Waals surface area contributed by atoms with Crippen molar-refractivity contribution in [3.63, 3.8) is 0 Å². The number of thiazole rings is 1. The fourth-order valence-electron chi connectivity index (χ4n) is 2.75. The monoisotopic (exact) mass is 422 g/mol. The van der Waals surface area contributed by atoms with Gasteiger partial charge in [-0.05, 0) is 36.1 Å². The van der Waals surface area contributed by atoms with E-state index in [1.807, 2.05) is 24.3 Å². The largest absolute Gasteiger partial charge is 0.411 e. The zero-order valence-electron chi connectivity index (χ0n) is 15.7. The van der Waals surface area contributed by atoms with Crippen LogP contribution in [0.25, 0.3) is 10.2 Å². The third-order valence-electron chi connectivity index (χ3n) is 4.18. The standard InChI is InChI=1S/C21H21F3N2O2S/c22-21(23,24)14-28-13-16-10-8-15(9-11-16)12-25-19(27)6-3-7-20-26-17-4-1-2-5-18(17)29-20/h1-2,4-5,8-11H,3,6-7,12-14H2,(H,25,27). The number of carbonyl (C=O) groups is 1. The van der Waals surface area contributed by atoms with Crippen LogP contribution in [-0.2, 0) is 29.1 Å². The van der Waals surface area contributed by atoms with Gasteiger partial charge in [0.05, 0.1) is 21.8 Å². The molecule has 1 amide bonds. The van der Waals surface area contributed by atoms with Crippen molar-refractivity contribution < 1.29 is 22.7 Å². The topological polar surface area (TPSA) is 51.2 Å². The Kier molecular flexibility index (Phi) is 7.22. The fraction of sp³-hybridized carbons (Fsp3) is 0.333. The number of halogens is 3. The van der Waals surface area contributed by atoms with Crippen LogP contribution in [0.1, 0.15) is 29.0 Å². The van der Waals surface area contributed by atoms with Gasteiger partial charge in [0.15, 0.2) is 0 Å². The quantitative estimate of drug-likeness (QED) is 0.527. The van der Waals surface area contributed by atoms with Crippen molar-refractivity contribution in [1.29, 1.82) is 0 Å². The number of hydrogen-bond acceptors (Lipinski definition) is 4. The molecule has 3 rings (SSSR count). The number of rotatable bonds is 9. The van der Waals surface area contributed by atoms with Crippen LogP contribution >= 0.6 is 11.3 Å². The van der Waals surface area contributed by atoms with E-state index in [9.17, 15) is 18.0 Å². The Hall–Kier alpha value is -2.45. The predicted molar refractivity (Wildman–Crippen MR) is 107 cm³/mol. The zero-order valence-corrected chi connectivity index (χ0v) is 16.5.